The lowest BCUT2D eigenvalue weighted by atomic mass is 9.94. The standard InChI is InChI=1S/C43H17F3N8/c1-50-27-9-13-38-31(19-27)32-20-28(51-2)10-14-39(32)54(38)41-18-26(42-34(43(44,45)46)5-4-6-35(42)52-3)17-40(33(41)23-49)53-36-11-7-24(21-47)15-29(36)30-16-25(22-48)8-12-37(30)53/h4-20H. The van der Waals surface area contributed by atoms with E-state index in [1.165, 1.54) is 24.3 Å². The van der Waals surface area contributed by atoms with Gasteiger partial charge in [-0.2, -0.15) is 29.0 Å². The Hall–Kier alpha value is -8.35. The third kappa shape index (κ3) is 4.87. The topological polar surface area (TPSA) is 94.3 Å². The van der Waals surface area contributed by atoms with Crippen molar-refractivity contribution >= 4 is 60.7 Å². The highest BCUT2D eigenvalue weighted by Gasteiger charge is 2.35. The minimum absolute atomic E-state index is 0.000715. The Morgan fingerprint density at radius 1 is 0.537 bits per heavy atom. The Kier molecular flexibility index (Phi) is 7.39. The van der Waals surface area contributed by atoms with Gasteiger partial charge in [-0.3, -0.25) is 0 Å². The van der Waals surface area contributed by atoms with Crippen LogP contribution in [0.1, 0.15) is 22.3 Å². The second-order valence-electron chi connectivity index (χ2n) is 12.3. The van der Waals surface area contributed by atoms with E-state index in [0.29, 0.717) is 66.1 Å². The van der Waals surface area contributed by atoms with E-state index in [9.17, 15) is 29.0 Å². The molecule has 0 bridgehead atoms. The first kappa shape index (κ1) is 32.8. The number of nitriles is 3. The fraction of sp³-hybridized carbons (Fsp3) is 0.0233. The van der Waals surface area contributed by atoms with Crippen LogP contribution in [0.15, 0.2) is 103 Å². The van der Waals surface area contributed by atoms with Crippen LogP contribution in [0, 0.1) is 53.7 Å². The van der Waals surface area contributed by atoms with Crippen molar-refractivity contribution in [2.75, 3.05) is 0 Å². The molecule has 0 amide bonds. The van der Waals surface area contributed by atoms with Crippen molar-refractivity contribution in [2.45, 2.75) is 6.18 Å². The number of nitrogens with zero attached hydrogens (tertiary/aromatic N) is 8. The summed E-state index contributed by atoms with van der Waals surface area (Å²) in [5.41, 5.74) is 2.14. The van der Waals surface area contributed by atoms with Gasteiger partial charge in [0.15, 0.2) is 17.1 Å². The van der Waals surface area contributed by atoms with Gasteiger partial charge in [0.1, 0.15) is 11.6 Å². The molecule has 54 heavy (non-hydrogen) atoms. The molecule has 8 aromatic rings. The fourth-order valence-electron chi connectivity index (χ4n) is 7.22. The predicted molar refractivity (Wildman–Crippen MR) is 198 cm³/mol. The maximum atomic E-state index is 14.8. The second-order valence-corrected chi connectivity index (χ2v) is 12.3. The SMILES string of the molecule is [C-]#[N+]c1ccc2c(c1)c1cc([N+]#[C-])ccc1n2-c1cc(-c2c([N+]#[C-])cccc2C(F)(F)F)cc(-n2c3ccc(C#N)cc3c3cc(C#N)ccc32)c1C#N. The molecule has 0 N–H and O–H groups in total. The first-order valence-electron chi connectivity index (χ1n) is 16.0. The van der Waals surface area contributed by atoms with Crippen LogP contribution in [0.4, 0.5) is 30.2 Å². The minimum atomic E-state index is -4.85. The van der Waals surface area contributed by atoms with Crippen LogP contribution in [0.2, 0.25) is 0 Å². The summed E-state index contributed by atoms with van der Waals surface area (Å²) in [6, 6.07) is 32.6. The molecule has 0 saturated heterocycles. The third-order valence-corrected chi connectivity index (χ3v) is 9.46. The van der Waals surface area contributed by atoms with Gasteiger partial charge in [-0.25, -0.2) is 14.5 Å². The van der Waals surface area contributed by atoms with Crippen LogP contribution < -0.4 is 0 Å². The molecule has 0 unspecified atom stereocenters. The highest BCUT2D eigenvalue weighted by atomic mass is 19.4. The number of fused-ring (bicyclic) bond motifs is 6. The van der Waals surface area contributed by atoms with Gasteiger partial charge in [-0.1, -0.05) is 30.3 Å². The summed E-state index contributed by atoms with van der Waals surface area (Å²) in [6.45, 7) is 23.1. The molecule has 8 rings (SSSR count). The number of aromatic nitrogens is 2. The summed E-state index contributed by atoms with van der Waals surface area (Å²) in [5, 5.41) is 32.9. The van der Waals surface area contributed by atoms with Crippen molar-refractivity contribution in [3.8, 4) is 40.7 Å². The molecule has 8 nitrogen and oxygen atoms in total. The number of hydrogen-bond donors (Lipinski definition) is 0. The molecule has 0 spiro atoms. The van der Waals surface area contributed by atoms with Crippen molar-refractivity contribution in [1.82, 2.24) is 9.13 Å². The number of benzene rings is 6. The molecule has 0 radical (unpaired) electrons. The molecule has 0 aliphatic carbocycles. The van der Waals surface area contributed by atoms with Crippen molar-refractivity contribution in [3.05, 3.63) is 160 Å². The van der Waals surface area contributed by atoms with Gasteiger partial charge in [0.05, 0.1) is 82.0 Å². The quantitative estimate of drug-likeness (QED) is 0.171. The van der Waals surface area contributed by atoms with Crippen LogP contribution >= 0.6 is 0 Å². The van der Waals surface area contributed by atoms with Gasteiger partial charge in [0.25, 0.3) is 0 Å². The number of alkyl halides is 3. The van der Waals surface area contributed by atoms with Crippen molar-refractivity contribution in [2.24, 2.45) is 0 Å². The molecule has 2 heterocycles. The molecular weight excluding hydrogens is 686 g/mol. The van der Waals surface area contributed by atoms with E-state index in [2.05, 4.69) is 32.7 Å². The molecule has 11 heteroatoms. The van der Waals surface area contributed by atoms with E-state index >= 15 is 0 Å². The lowest BCUT2D eigenvalue weighted by Crippen LogP contribution is -2.09. The highest BCUT2D eigenvalue weighted by Crippen LogP contribution is 2.46. The Bertz CT molecular complexity index is 2920. The maximum absolute atomic E-state index is 14.8. The second kappa shape index (κ2) is 12.2. The lowest BCUT2D eigenvalue weighted by molar-refractivity contribution is -0.137. The predicted octanol–water partition coefficient (Wildman–Crippen LogP) is 11.8. The Labute approximate surface area is 304 Å². The Morgan fingerprint density at radius 2 is 1.00 bits per heavy atom. The van der Waals surface area contributed by atoms with Crippen LogP contribution in [0.5, 0.6) is 0 Å². The van der Waals surface area contributed by atoms with Gasteiger partial charge in [0.2, 0.25) is 0 Å². The first-order valence-corrected chi connectivity index (χ1v) is 16.0. The van der Waals surface area contributed by atoms with E-state index in [-0.39, 0.29) is 33.8 Å². The minimum Gasteiger partial charge on any atom is -0.308 e. The summed E-state index contributed by atoms with van der Waals surface area (Å²) < 4.78 is 47.8. The molecule has 6 aromatic carbocycles. The molecule has 0 fully saturated rings. The largest absolute Gasteiger partial charge is 0.415 e. The van der Waals surface area contributed by atoms with Crippen LogP contribution in [0.3, 0.4) is 0 Å². The van der Waals surface area contributed by atoms with Gasteiger partial charge in [-0.05, 0) is 94.7 Å². The van der Waals surface area contributed by atoms with E-state index in [4.69, 9.17) is 19.7 Å². The zero-order valence-electron chi connectivity index (χ0n) is 27.5. The van der Waals surface area contributed by atoms with Crippen LogP contribution in [-0.2, 0) is 6.18 Å². The van der Waals surface area contributed by atoms with E-state index in [1.54, 1.807) is 81.9 Å². The third-order valence-electron chi connectivity index (χ3n) is 9.46. The molecule has 0 aliphatic heterocycles. The molecule has 0 aliphatic rings. The van der Waals surface area contributed by atoms with Crippen molar-refractivity contribution in [1.29, 1.82) is 15.8 Å². The number of rotatable bonds is 3. The normalized spacial score (nSPS) is 11.1. The highest BCUT2D eigenvalue weighted by molar-refractivity contribution is 6.13. The van der Waals surface area contributed by atoms with Gasteiger partial charge >= 0.3 is 6.18 Å². The molecule has 0 atom stereocenters. The molecular formula is C43H17F3N8. The summed E-state index contributed by atoms with van der Waals surface area (Å²) >= 11 is 0. The van der Waals surface area contributed by atoms with Crippen molar-refractivity contribution < 1.29 is 13.2 Å². The van der Waals surface area contributed by atoms with Crippen molar-refractivity contribution in [3.63, 3.8) is 0 Å². The van der Waals surface area contributed by atoms with E-state index in [0.717, 1.165) is 6.07 Å². The summed E-state index contributed by atoms with van der Waals surface area (Å²) in [6.07, 6.45) is -4.85. The van der Waals surface area contributed by atoms with Gasteiger partial charge in [-0.15, -0.1) is 0 Å². The lowest BCUT2D eigenvalue weighted by Gasteiger charge is -2.21. The fourth-order valence-corrected chi connectivity index (χ4v) is 7.22. The Morgan fingerprint density at radius 3 is 1.41 bits per heavy atom. The van der Waals surface area contributed by atoms with Gasteiger partial charge < -0.3 is 9.13 Å². The van der Waals surface area contributed by atoms with E-state index in [1.807, 2.05) is 0 Å². The number of halogens is 3. The summed E-state index contributed by atoms with van der Waals surface area (Å²) in [4.78, 5) is 10.6. The molecule has 0 saturated carbocycles. The average molecular weight is 703 g/mol. The van der Waals surface area contributed by atoms with Crippen LogP contribution in [-0.4, -0.2) is 9.13 Å². The van der Waals surface area contributed by atoms with E-state index < -0.39 is 11.7 Å². The van der Waals surface area contributed by atoms with Gasteiger partial charge in [0, 0.05) is 10.8 Å². The zero-order valence-corrected chi connectivity index (χ0v) is 27.5. The average Bonchev–Trinajstić information content (AvgIpc) is 3.70. The number of hydrogen-bond acceptors (Lipinski definition) is 3. The first-order chi connectivity index (χ1) is 26.1. The Balaban J connectivity index is 1.61. The zero-order chi connectivity index (χ0) is 37.9. The maximum Gasteiger partial charge on any atom is 0.415 e. The smallest absolute Gasteiger partial charge is 0.308 e. The summed E-state index contributed by atoms with van der Waals surface area (Å²) in [5.74, 6) is 0. The summed E-state index contributed by atoms with van der Waals surface area (Å²) in [7, 11) is 0. The van der Waals surface area contributed by atoms with Crippen LogP contribution in [0.25, 0.3) is 80.6 Å². The monoisotopic (exact) mass is 702 g/mol. The molecule has 2 aromatic heterocycles. The molecule has 250 valence electrons.